The molecular formula is C32H34FN7O2. The maximum Gasteiger partial charge on any atom is 0.319 e. The molecule has 42 heavy (non-hydrogen) atoms. The lowest BCUT2D eigenvalue weighted by atomic mass is 10.1. The van der Waals surface area contributed by atoms with Crippen molar-refractivity contribution in [2.75, 3.05) is 36.8 Å². The van der Waals surface area contributed by atoms with E-state index in [-0.39, 0.29) is 17.8 Å². The average Bonchev–Trinajstić information content (AvgIpc) is 3.02. The van der Waals surface area contributed by atoms with Crippen LogP contribution < -0.4 is 21.3 Å². The number of piperidine rings is 1. The number of nitrogens with one attached hydrogen (secondary N) is 4. The van der Waals surface area contributed by atoms with Crippen LogP contribution in [0.2, 0.25) is 0 Å². The fourth-order valence-corrected chi connectivity index (χ4v) is 4.76. The third-order valence-electron chi connectivity index (χ3n) is 7.02. The summed E-state index contributed by atoms with van der Waals surface area (Å²) in [4.78, 5) is 36.7. The van der Waals surface area contributed by atoms with E-state index in [0.29, 0.717) is 41.5 Å². The predicted octanol–water partition coefficient (Wildman–Crippen LogP) is 5.56. The Hall–Kier alpha value is -4.83. The minimum atomic E-state index is -0.350. The van der Waals surface area contributed by atoms with E-state index < -0.39 is 0 Å². The summed E-state index contributed by atoms with van der Waals surface area (Å²) >= 11 is 0. The van der Waals surface area contributed by atoms with Crippen LogP contribution in [0.3, 0.4) is 0 Å². The number of carbonyl (C=O) groups is 2. The van der Waals surface area contributed by atoms with E-state index >= 15 is 0 Å². The van der Waals surface area contributed by atoms with Gasteiger partial charge in [0.1, 0.15) is 11.6 Å². The van der Waals surface area contributed by atoms with Gasteiger partial charge in [-0.05, 0) is 86.1 Å². The van der Waals surface area contributed by atoms with Gasteiger partial charge in [0.2, 0.25) is 0 Å². The van der Waals surface area contributed by atoms with Crippen molar-refractivity contribution < 1.29 is 14.0 Å². The monoisotopic (exact) mass is 567 g/mol. The number of amides is 3. The first-order valence-electron chi connectivity index (χ1n) is 14.1. The molecule has 1 aliphatic rings. The van der Waals surface area contributed by atoms with Crippen LogP contribution in [0.15, 0.2) is 85.2 Å². The number of hydrogen-bond acceptors (Lipinski definition) is 6. The summed E-state index contributed by atoms with van der Waals surface area (Å²) < 4.78 is 13.5. The molecule has 4 N–H and O–H groups in total. The molecule has 0 saturated carbocycles. The van der Waals surface area contributed by atoms with Gasteiger partial charge in [-0.1, -0.05) is 24.6 Å². The van der Waals surface area contributed by atoms with E-state index in [4.69, 9.17) is 4.98 Å². The van der Waals surface area contributed by atoms with Crippen LogP contribution in [0.1, 0.15) is 35.2 Å². The van der Waals surface area contributed by atoms with Gasteiger partial charge in [0.25, 0.3) is 5.91 Å². The predicted molar refractivity (Wildman–Crippen MR) is 162 cm³/mol. The molecule has 10 heteroatoms. The van der Waals surface area contributed by atoms with Crippen molar-refractivity contribution in [1.29, 1.82) is 0 Å². The molecule has 0 unspecified atom stereocenters. The molecular weight excluding hydrogens is 533 g/mol. The second-order valence-electron chi connectivity index (χ2n) is 10.1. The summed E-state index contributed by atoms with van der Waals surface area (Å²) in [5.74, 6) is -0.212. The number of carbonyl (C=O) groups excluding carboxylic acids is 2. The van der Waals surface area contributed by atoms with Crippen molar-refractivity contribution in [2.45, 2.75) is 25.8 Å². The molecule has 0 aliphatic carbocycles. The second kappa shape index (κ2) is 14.2. The number of aromatic nitrogens is 2. The molecule has 3 amide bonds. The number of pyridine rings is 2. The van der Waals surface area contributed by atoms with E-state index in [1.165, 1.54) is 31.4 Å². The summed E-state index contributed by atoms with van der Waals surface area (Å²) in [6, 6.07) is 20.1. The van der Waals surface area contributed by atoms with Crippen LogP contribution in [-0.4, -0.2) is 53.0 Å². The Balaban J connectivity index is 1.27. The van der Waals surface area contributed by atoms with Crippen LogP contribution in [0.4, 0.5) is 26.4 Å². The molecule has 5 rings (SSSR count). The second-order valence-corrected chi connectivity index (χ2v) is 10.1. The number of benzene rings is 2. The van der Waals surface area contributed by atoms with E-state index in [1.54, 1.807) is 48.8 Å². The van der Waals surface area contributed by atoms with Gasteiger partial charge in [-0.2, -0.15) is 0 Å². The van der Waals surface area contributed by atoms with Crippen molar-refractivity contribution in [3.63, 3.8) is 0 Å². The molecule has 0 spiro atoms. The smallest absolute Gasteiger partial charge is 0.319 e. The number of nitrogens with zero attached hydrogens (tertiary/aromatic N) is 3. The third-order valence-corrected chi connectivity index (χ3v) is 7.02. The van der Waals surface area contributed by atoms with Crippen LogP contribution in [0.25, 0.3) is 11.3 Å². The number of likely N-dealkylation sites (tertiary alicyclic amines) is 1. The van der Waals surface area contributed by atoms with E-state index in [1.807, 2.05) is 24.3 Å². The highest BCUT2D eigenvalue weighted by molar-refractivity contribution is 6.00. The first kappa shape index (κ1) is 28.7. The molecule has 9 nitrogen and oxygen atoms in total. The van der Waals surface area contributed by atoms with Crippen molar-refractivity contribution in [1.82, 2.24) is 25.5 Å². The molecule has 2 aromatic carbocycles. The zero-order chi connectivity index (χ0) is 29.1. The summed E-state index contributed by atoms with van der Waals surface area (Å²) in [5.41, 5.74) is 3.97. The quantitative estimate of drug-likeness (QED) is 0.200. The number of anilines is 3. The molecule has 216 valence electrons. The Bertz CT molecular complexity index is 1480. The number of halogens is 1. The first-order valence-corrected chi connectivity index (χ1v) is 14.1. The van der Waals surface area contributed by atoms with Crippen molar-refractivity contribution in [3.05, 3.63) is 102 Å². The van der Waals surface area contributed by atoms with Crippen molar-refractivity contribution in [2.24, 2.45) is 0 Å². The van der Waals surface area contributed by atoms with Gasteiger partial charge in [-0.3, -0.25) is 9.78 Å². The van der Waals surface area contributed by atoms with E-state index in [9.17, 15) is 14.0 Å². The van der Waals surface area contributed by atoms with Gasteiger partial charge in [-0.25, -0.2) is 14.2 Å². The Morgan fingerprint density at radius 2 is 1.62 bits per heavy atom. The van der Waals surface area contributed by atoms with Gasteiger partial charge >= 0.3 is 6.03 Å². The lowest BCUT2D eigenvalue weighted by Crippen LogP contribution is -2.37. The van der Waals surface area contributed by atoms with Gasteiger partial charge in [0.05, 0.1) is 11.3 Å². The highest BCUT2D eigenvalue weighted by atomic mass is 19.1. The molecule has 3 heterocycles. The average molecular weight is 568 g/mol. The van der Waals surface area contributed by atoms with Crippen molar-refractivity contribution in [3.8, 4) is 11.3 Å². The lowest BCUT2D eigenvalue weighted by molar-refractivity contribution is 0.0947. The zero-order valence-corrected chi connectivity index (χ0v) is 23.3. The standard InChI is InChI=1S/C32H34FN7O2/c33-25-8-12-26(13-9-25)37-30-28(31(41)35-17-20-40-18-2-1-3-19-40)14-15-29(39-30)24-6-10-27(11-7-24)38-32(42)36-22-23-5-4-16-34-21-23/h4-16,21H,1-3,17-20,22H2,(H,35,41)(H,37,39)(H2,36,38,42). The van der Waals surface area contributed by atoms with Crippen LogP contribution in [-0.2, 0) is 6.54 Å². The maximum absolute atomic E-state index is 13.5. The lowest BCUT2D eigenvalue weighted by Gasteiger charge is -2.26. The normalized spacial score (nSPS) is 13.3. The maximum atomic E-state index is 13.5. The highest BCUT2D eigenvalue weighted by Gasteiger charge is 2.16. The largest absolute Gasteiger partial charge is 0.351 e. The van der Waals surface area contributed by atoms with Gasteiger partial charge in [0, 0.05) is 49.0 Å². The highest BCUT2D eigenvalue weighted by Crippen LogP contribution is 2.26. The van der Waals surface area contributed by atoms with Crippen LogP contribution in [0, 0.1) is 5.82 Å². The summed E-state index contributed by atoms with van der Waals surface area (Å²) in [6.45, 7) is 3.84. The zero-order valence-electron chi connectivity index (χ0n) is 23.3. The fourth-order valence-electron chi connectivity index (χ4n) is 4.76. The Labute approximate surface area is 244 Å². The Morgan fingerprint density at radius 3 is 2.36 bits per heavy atom. The third kappa shape index (κ3) is 8.11. The van der Waals surface area contributed by atoms with Crippen molar-refractivity contribution >= 4 is 29.1 Å². The summed E-state index contributed by atoms with van der Waals surface area (Å²) in [5, 5.41) is 11.8. The Morgan fingerprint density at radius 1 is 0.857 bits per heavy atom. The molecule has 4 aromatic rings. The van der Waals surface area contributed by atoms with E-state index in [0.717, 1.165) is 30.8 Å². The first-order chi connectivity index (χ1) is 20.5. The van der Waals surface area contributed by atoms with Gasteiger partial charge in [-0.15, -0.1) is 0 Å². The molecule has 1 fully saturated rings. The number of urea groups is 1. The molecule has 0 radical (unpaired) electrons. The Kier molecular flexibility index (Phi) is 9.69. The van der Waals surface area contributed by atoms with Gasteiger partial charge in [0.15, 0.2) is 0 Å². The molecule has 0 atom stereocenters. The molecule has 1 saturated heterocycles. The topological polar surface area (TPSA) is 111 Å². The van der Waals surface area contributed by atoms with Gasteiger partial charge < -0.3 is 26.2 Å². The van der Waals surface area contributed by atoms with E-state index in [2.05, 4.69) is 31.2 Å². The fraction of sp³-hybridized carbons (Fsp3) is 0.250. The minimum absolute atomic E-state index is 0.229. The van der Waals surface area contributed by atoms with Crippen LogP contribution in [0.5, 0.6) is 0 Å². The molecule has 1 aliphatic heterocycles. The summed E-state index contributed by atoms with van der Waals surface area (Å²) in [6.07, 6.45) is 7.04. The number of hydrogen-bond donors (Lipinski definition) is 4. The minimum Gasteiger partial charge on any atom is -0.351 e. The number of rotatable bonds is 10. The molecule has 0 bridgehead atoms. The molecule has 2 aromatic heterocycles. The van der Waals surface area contributed by atoms with Crippen LogP contribution >= 0.6 is 0 Å². The summed E-state index contributed by atoms with van der Waals surface area (Å²) in [7, 11) is 0. The SMILES string of the molecule is O=C(NCc1cccnc1)Nc1ccc(-c2ccc(C(=O)NCCN3CCCCC3)c(Nc3ccc(F)cc3)n2)cc1.